The van der Waals surface area contributed by atoms with Crippen LogP contribution in [0.3, 0.4) is 0 Å². The molecule has 2 aromatic rings. The van der Waals surface area contributed by atoms with Crippen molar-refractivity contribution < 1.29 is 9.84 Å². The Labute approximate surface area is 112 Å². The molecule has 1 aromatic carbocycles. The van der Waals surface area contributed by atoms with Crippen LogP contribution in [0, 0.1) is 0 Å². The summed E-state index contributed by atoms with van der Waals surface area (Å²) in [6.07, 6.45) is 6.71. The lowest BCUT2D eigenvalue weighted by Crippen LogP contribution is -2.12. The third kappa shape index (κ3) is 2.63. The van der Waals surface area contributed by atoms with Crippen molar-refractivity contribution in [2.75, 3.05) is 0 Å². The Bertz CT molecular complexity index is 531. The van der Waals surface area contributed by atoms with Crippen LogP contribution in [0.1, 0.15) is 31.2 Å². The minimum atomic E-state index is 0.00527. The monoisotopic (exact) mass is 258 g/mol. The van der Waals surface area contributed by atoms with Gasteiger partial charge in [0, 0.05) is 17.3 Å². The van der Waals surface area contributed by atoms with Gasteiger partial charge in [-0.3, -0.25) is 5.10 Å². The maximum Gasteiger partial charge on any atom is 0.125 e. The lowest BCUT2D eigenvalue weighted by molar-refractivity contribution is 0.199. The summed E-state index contributed by atoms with van der Waals surface area (Å²) in [7, 11) is 0. The molecule has 1 heterocycles. The van der Waals surface area contributed by atoms with E-state index in [4.69, 9.17) is 4.74 Å². The molecule has 0 amide bonds. The largest absolute Gasteiger partial charge is 0.490 e. The summed E-state index contributed by atoms with van der Waals surface area (Å²) < 4.78 is 6.04. The molecule has 1 aromatic heterocycles. The van der Waals surface area contributed by atoms with Crippen LogP contribution in [-0.2, 0) is 6.61 Å². The van der Waals surface area contributed by atoms with Gasteiger partial charge in [-0.25, -0.2) is 0 Å². The number of aliphatic hydroxyl groups is 1. The van der Waals surface area contributed by atoms with Crippen LogP contribution in [0.15, 0.2) is 30.5 Å². The number of nitrogens with one attached hydrogen (secondary N) is 1. The maximum atomic E-state index is 9.41. The Morgan fingerprint density at radius 2 is 2.11 bits per heavy atom. The first-order valence-corrected chi connectivity index (χ1v) is 6.77. The normalized spacial score (nSPS) is 15.8. The number of benzene rings is 1. The molecule has 0 saturated heterocycles. The number of hydrogen-bond donors (Lipinski definition) is 2. The molecule has 1 aliphatic carbocycles. The molecule has 100 valence electrons. The van der Waals surface area contributed by atoms with Gasteiger partial charge in [0.1, 0.15) is 5.75 Å². The minimum Gasteiger partial charge on any atom is -0.490 e. The van der Waals surface area contributed by atoms with E-state index >= 15 is 0 Å². The molecule has 0 aliphatic heterocycles. The molecule has 1 aliphatic rings. The Balaban J connectivity index is 1.88. The molecule has 1 fully saturated rings. The van der Waals surface area contributed by atoms with Crippen molar-refractivity contribution in [1.82, 2.24) is 10.2 Å². The number of aromatic nitrogens is 2. The minimum absolute atomic E-state index is 0.00527. The van der Waals surface area contributed by atoms with Crippen LogP contribution in [0.5, 0.6) is 5.75 Å². The van der Waals surface area contributed by atoms with Crippen molar-refractivity contribution in [3.05, 3.63) is 36.0 Å². The van der Waals surface area contributed by atoms with Gasteiger partial charge in [0.05, 0.1) is 18.4 Å². The number of rotatable bonds is 4. The summed E-state index contributed by atoms with van der Waals surface area (Å²) in [5.74, 6) is 0.793. The van der Waals surface area contributed by atoms with Crippen LogP contribution in [0.25, 0.3) is 11.3 Å². The third-order valence-electron chi connectivity index (χ3n) is 3.65. The number of hydrogen-bond acceptors (Lipinski definition) is 3. The average Bonchev–Trinajstić information content (AvgIpc) is 3.11. The molecule has 19 heavy (non-hydrogen) atoms. The van der Waals surface area contributed by atoms with Gasteiger partial charge in [-0.05, 0) is 37.8 Å². The Kier molecular flexibility index (Phi) is 3.51. The van der Waals surface area contributed by atoms with Gasteiger partial charge >= 0.3 is 0 Å². The van der Waals surface area contributed by atoms with Crippen molar-refractivity contribution in [3.8, 4) is 17.0 Å². The molecular weight excluding hydrogens is 240 g/mol. The van der Waals surface area contributed by atoms with Gasteiger partial charge in [-0.2, -0.15) is 5.10 Å². The lowest BCUT2D eigenvalue weighted by Gasteiger charge is -2.16. The van der Waals surface area contributed by atoms with Gasteiger partial charge in [0.25, 0.3) is 0 Å². The summed E-state index contributed by atoms with van der Waals surface area (Å²) in [6, 6.07) is 7.80. The van der Waals surface area contributed by atoms with Gasteiger partial charge in [0.2, 0.25) is 0 Å². The highest BCUT2D eigenvalue weighted by molar-refractivity contribution is 5.62. The molecule has 0 bridgehead atoms. The van der Waals surface area contributed by atoms with Crippen molar-refractivity contribution in [2.45, 2.75) is 38.4 Å². The number of aliphatic hydroxyl groups excluding tert-OH is 1. The predicted octanol–water partition coefficient (Wildman–Crippen LogP) is 2.89. The van der Waals surface area contributed by atoms with Crippen LogP contribution < -0.4 is 4.74 Å². The van der Waals surface area contributed by atoms with Crippen molar-refractivity contribution in [1.29, 1.82) is 0 Å². The van der Waals surface area contributed by atoms with E-state index < -0.39 is 0 Å². The first kappa shape index (κ1) is 12.2. The van der Waals surface area contributed by atoms with E-state index in [2.05, 4.69) is 10.2 Å². The van der Waals surface area contributed by atoms with Gasteiger partial charge in [-0.15, -0.1) is 0 Å². The van der Waals surface area contributed by atoms with Crippen LogP contribution in [0.4, 0.5) is 0 Å². The third-order valence-corrected chi connectivity index (χ3v) is 3.65. The van der Waals surface area contributed by atoms with Gasteiger partial charge in [-0.1, -0.05) is 12.1 Å². The fourth-order valence-electron chi connectivity index (χ4n) is 2.56. The second-order valence-electron chi connectivity index (χ2n) is 4.98. The molecular formula is C15H18N2O2. The molecule has 0 unspecified atom stereocenters. The molecule has 1 saturated carbocycles. The number of aromatic amines is 1. The van der Waals surface area contributed by atoms with E-state index in [1.807, 2.05) is 24.3 Å². The first-order valence-electron chi connectivity index (χ1n) is 6.77. The quantitative estimate of drug-likeness (QED) is 0.886. The average molecular weight is 258 g/mol. The van der Waals surface area contributed by atoms with Gasteiger partial charge < -0.3 is 9.84 Å². The summed E-state index contributed by atoms with van der Waals surface area (Å²) in [6.45, 7) is 0.00527. The zero-order chi connectivity index (χ0) is 13.1. The SMILES string of the molecule is OCc1ccc(-c2ccn[nH]2)cc1OC1CCCC1. The van der Waals surface area contributed by atoms with Crippen LogP contribution in [-0.4, -0.2) is 21.4 Å². The molecule has 0 atom stereocenters. The predicted molar refractivity (Wildman–Crippen MR) is 72.8 cm³/mol. The highest BCUT2D eigenvalue weighted by atomic mass is 16.5. The summed E-state index contributed by atoms with van der Waals surface area (Å²) in [5.41, 5.74) is 2.83. The fourth-order valence-corrected chi connectivity index (χ4v) is 2.56. The maximum absolute atomic E-state index is 9.41. The zero-order valence-electron chi connectivity index (χ0n) is 10.8. The standard InChI is InChI=1S/C15H18N2O2/c18-10-12-6-5-11(14-7-8-16-17-14)9-15(12)19-13-3-1-2-4-13/h5-9,13,18H,1-4,10H2,(H,16,17). The van der Waals surface area contributed by atoms with Gasteiger partial charge in [0.15, 0.2) is 0 Å². The second-order valence-corrected chi connectivity index (χ2v) is 4.98. The summed E-state index contributed by atoms with van der Waals surface area (Å²) in [4.78, 5) is 0. The highest BCUT2D eigenvalue weighted by Gasteiger charge is 2.18. The fraction of sp³-hybridized carbons (Fsp3) is 0.400. The summed E-state index contributed by atoms with van der Waals surface area (Å²) >= 11 is 0. The molecule has 4 heteroatoms. The molecule has 0 radical (unpaired) electrons. The van der Waals surface area contributed by atoms with E-state index in [0.29, 0.717) is 6.10 Å². The molecule has 3 rings (SSSR count). The van der Waals surface area contributed by atoms with Crippen molar-refractivity contribution in [2.24, 2.45) is 0 Å². The number of ether oxygens (including phenoxy) is 1. The Morgan fingerprint density at radius 1 is 1.26 bits per heavy atom. The van der Waals surface area contributed by atoms with E-state index in [1.54, 1.807) is 6.20 Å². The van der Waals surface area contributed by atoms with Crippen LogP contribution in [0.2, 0.25) is 0 Å². The van der Waals surface area contributed by atoms with Crippen molar-refractivity contribution >= 4 is 0 Å². The first-order chi connectivity index (χ1) is 9.36. The number of nitrogens with zero attached hydrogens (tertiary/aromatic N) is 1. The molecule has 4 nitrogen and oxygen atoms in total. The van der Waals surface area contributed by atoms with Crippen LogP contribution >= 0.6 is 0 Å². The van der Waals surface area contributed by atoms with E-state index in [0.717, 1.165) is 35.4 Å². The van der Waals surface area contributed by atoms with Crippen molar-refractivity contribution in [3.63, 3.8) is 0 Å². The second kappa shape index (κ2) is 5.45. The summed E-state index contributed by atoms with van der Waals surface area (Å²) in [5, 5.41) is 16.3. The van der Waals surface area contributed by atoms with E-state index in [1.165, 1.54) is 12.8 Å². The molecule has 0 spiro atoms. The smallest absolute Gasteiger partial charge is 0.125 e. The lowest BCUT2D eigenvalue weighted by atomic mass is 10.1. The zero-order valence-corrected chi connectivity index (χ0v) is 10.8. The number of H-pyrrole nitrogens is 1. The van der Waals surface area contributed by atoms with E-state index in [-0.39, 0.29) is 6.61 Å². The Hall–Kier alpha value is -1.81. The Morgan fingerprint density at radius 3 is 2.79 bits per heavy atom. The highest BCUT2D eigenvalue weighted by Crippen LogP contribution is 2.30. The van der Waals surface area contributed by atoms with E-state index in [9.17, 15) is 5.11 Å². The molecule has 2 N–H and O–H groups in total. The topological polar surface area (TPSA) is 58.1 Å².